The number of carbonyl (C=O) groups is 1. The molecule has 1 aromatic carbocycles. The summed E-state index contributed by atoms with van der Waals surface area (Å²) in [7, 11) is 1.69. The topological polar surface area (TPSA) is 64.4 Å². The molecular weight excluding hydrogens is 292 g/mol. The molecule has 0 radical (unpaired) electrons. The molecule has 1 unspecified atom stereocenters. The van der Waals surface area contributed by atoms with Crippen LogP contribution in [0, 0.1) is 13.8 Å². The minimum Gasteiger partial charge on any atom is -0.497 e. The molecule has 1 aliphatic carbocycles. The molecule has 0 spiro atoms. The first-order valence-electron chi connectivity index (χ1n) is 7.98. The maximum atomic E-state index is 12.4. The second-order valence-electron chi connectivity index (χ2n) is 6.06. The zero-order chi connectivity index (χ0) is 16.4. The highest BCUT2D eigenvalue weighted by molar-refractivity contribution is 5.96. The standard InChI is InChI=1S/C18H22N2O3/c1-11-17(12(2)23-20-11)18(21)19-10-14-6-4-5-13-9-15(22-3)7-8-16(13)14/h7-9,14H,4-6,10H2,1-3H3,(H,19,21). The van der Waals surface area contributed by atoms with Crippen molar-refractivity contribution in [3.63, 3.8) is 0 Å². The van der Waals surface area contributed by atoms with Gasteiger partial charge in [0.25, 0.3) is 5.91 Å². The zero-order valence-corrected chi connectivity index (χ0v) is 13.8. The van der Waals surface area contributed by atoms with E-state index in [1.807, 2.05) is 6.07 Å². The van der Waals surface area contributed by atoms with Crippen molar-refractivity contribution in [3.8, 4) is 5.75 Å². The van der Waals surface area contributed by atoms with Crippen LogP contribution in [0.2, 0.25) is 0 Å². The maximum Gasteiger partial charge on any atom is 0.256 e. The van der Waals surface area contributed by atoms with Gasteiger partial charge in [0.2, 0.25) is 0 Å². The predicted molar refractivity (Wildman–Crippen MR) is 87.0 cm³/mol. The van der Waals surface area contributed by atoms with Crippen molar-refractivity contribution in [1.82, 2.24) is 10.5 Å². The van der Waals surface area contributed by atoms with E-state index in [-0.39, 0.29) is 5.91 Å². The number of nitrogens with one attached hydrogen (secondary N) is 1. The number of methoxy groups -OCH3 is 1. The molecular formula is C18H22N2O3. The highest BCUT2D eigenvalue weighted by Crippen LogP contribution is 2.33. The van der Waals surface area contributed by atoms with Gasteiger partial charge in [-0.3, -0.25) is 4.79 Å². The molecule has 0 aliphatic heterocycles. The van der Waals surface area contributed by atoms with Crippen LogP contribution in [0.3, 0.4) is 0 Å². The van der Waals surface area contributed by atoms with E-state index in [0.29, 0.717) is 29.5 Å². The van der Waals surface area contributed by atoms with E-state index >= 15 is 0 Å². The lowest BCUT2D eigenvalue weighted by Crippen LogP contribution is -2.30. The summed E-state index contributed by atoms with van der Waals surface area (Å²) >= 11 is 0. The number of hydrogen-bond donors (Lipinski definition) is 1. The second-order valence-corrected chi connectivity index (χ2v) is 6.06. The molecule has 1 heterocycles. The number of hydrogen-bond acceptors (Lipinski definition) is 4. The number of nitrogens with zero attached hydrogens (tertiary/aromatic N) is 1. The molecule has 0 saturated carbocycles. The average Bonchev–Trinajstić information content (AvgIpc) is 2.90. The minimum atomic E-state index is -0.109. The van der Waals surface area contributed by atoms with E-state index in [1.54, 1.807) is 21.0 Å². The number of benzene rings is 1. The first-order valence-corrected chi connectivity index (χ1v) is 7.98. The van der Waals surface area contributed by atoms with Gasteiger partial charge in [-0.05, 0) is 56.4 Å². The summed E-state index contributed by atoms with van der Waals surface area (Å²) < 4.78 is 10.4. The lowest BCUT2D eigenvalue weighted by atomic mass is 9.82. The second kappa shape index (κ2) is 6.44. The number of fused-ring (bicyclic) bond motifs is 1. The molecule has 23 heavy (non-hydrogen) atoms. The van der Waals surface area contributed by atoms with Crippen molar-refractivity contribution >= 4 is 5.91 Å². The van der Waals surface area contributed by atoms with Gasteiger partial charge in [0.05, 0.1) is 12.8 Å². The van der Waals surface area contributed by atoms with Crippen molar-refractivity contribution in [2.75, 3.05) is 13.7 Å². The van der Waals surface area contributed by atoms with Crippen LogP contribution in [-0.4, -0.2) is 24.7 Å². The Morgan fingerprint density at radius 1 is 1.43 bits per heavy atom. The fourth-order valence-electron chi connectivity index (χ4n) is 3.34. The van der Waals surface area contributed by atoms with E-state index in [4.69, 9.17) is 9.26 Å². The average molecular weight is 314 g/mol. The van der Waals surface area contributed by atoms with Gasteiger partial charge in [0.15, 0.2) is 0 Å². The summed E-state index contributed by atoms with van der Waals surface area (Å²) in [6, 6.07) is 6.23. The molecule has 1 aromatic heterocycles. The van der Waals surface area contributed by atoms with Crippen LogP contribution in [0.4, 0.5) is 0 Å². The Morgan fingerprint density at radius 2 is 2.26 bits per heavy atom. The van der Waals surface area contributed by atoms with E-state index in [0.717, 1.165) is 25.0 Å². The third-order valence-corrected chi connectivity index (χ3v) is 4.56. The van der Waals surface area contributed by atoms with Crippen LogP contribution in [0.1, 0.15) is 51.7 Å². The molecule has 5 nitrogen and oxygen atoms in total. The van der Waals surface area contributed by atoms with Crippen molar-refractivity contribution in [2.24, 2.45) is 0 Å². The van der Waals surface area contributed by atoms with Gasteiger partial charge in [-0.15, -0.1) is 0 Å². The Morgan fingerprint density at radius 3 is 2.96 bits per heavy atom. The van der Waals surface area contributed by atoms with Crippen LogP contribution in [0.5, 0.6) is 5.75 Å². The molecule has 3 rings (SSSR count). The molecule has 1 aliphatic rings. The number of amides is 1. The summed E-state index contributed by atoms with van der Waals surface area (Å²) in [6.45, 7) is 4.17. The molecule has 5 heteroatoms. The minimum absolute atomic E-state index is 0.109. The summed E-state index contributed by atoms with van der Waals surface area (Å²) in [4.78, 5) is 12.4. The molecule has 2 aromatic rings. The van der Waals surface area contributed by atoms with Crippen LogP contribution in [0.25, 0.3) is 0 Å². The van der Waals surface area contributed by atoms with Gasteiger partial charge in [-0.2, -0.15) is 0 Å². The van der Waals surface area contributed by atoms with Gasteiger partial charge in [0, 0.05) is 12.5 Å². The van der Waals surface area contributed by atoms with Crippen LogP contribution < -0.4 is 10.1 Å². The number of ether oxygens (including phenoxy) is 1. The third-order valence-electron chi connectivity index (χ3n) is 4.56. The Balaban J connectivity index is 1.72. The highest BCUT2D eigenvalue weighted by Gasteiger charge is 2.23. The number of rotatable bonds is 4. The first-order chi connectivity index (χ1) is 11.1. The lowest BCUT2D eigenvalue weighted by molar-refractivity contribution is 0.0948. The zero-order valence-electron chi connectivity index (χ0n) is 13.8. The number of carbonyl (C=O) groups excluding carboxylic acids is 1. The molecule has 0 fully saturated rings. The summed E-state index contributed by atoms with van der Waals surface area (Å²) in [5.74, 6) is 1.69. The molecule has 1 N–H and O–H groups in total. The normalized spacial score (nSPS) is 16.7. The third kappa shape index (κ3) is 3.09. The molecule has 0 bridgehead atoms. The van der Waals surface area contributed by atoms with Crippen molar-refractivity contribution in [1.29, 1.82) is 0 Å². The number of aryl methyl sites for hydroxylation is 3. The van der Waals surface area contributed by atoms with Gasteiger partial charge in [-0.25, -0.2) is 0 Å². The van der Waals surface area contributed by atoms with Crippen molar-refractivity contribution in [2.45, 2.75) is 39.0 Å². The highest BCUT2D eigenvalue weighted by atomic mass is 16.5. The fourth-order valence-corrected chi connectivity index (χ4v) is 3.34. The Kier molecular flexibility index (Phi) is 4.37. The number of aromatic nitrogens is 1. The molecule has 0 saturated heterocycles. The van der Waals surface area contributed by atoms with E-state index in [1.165, 1.54) is 11.1 Å². The largest absolute Gasteiger partial charge is 0.497 e. The van der Waals surface area contributed by atoms with Crippen molar-refractivity contribution < 1.29 is 14.1 Å². The van der Waals surface area contributed by atoms with Gasteiger partial charge >= 0.3 is 0 Å². The first kappa shape index (κ1) is 15.6. The van der Waals surface area contributed by atoms with E-state index < -0.39 is 0 Å². The Hall–Kier alpha value is -2.30. The van der Waals surface area contributed by atoms with Crippen LogP contribution in [-0.2, 0) is 6.42 Å². The quantitative estimate of drug-likeness (QED) is 0.941. The Labute approximate surface area is 136 Å². The van der Waals surface area contributed by atoms with Crippen LogP contribution >= 0.6 is 0 Å². The summed E-state index contributed by atoms with van der Waals surface area (Å²) in [5.41, 5.74) is 3.83. The SMILES string of the molecule is COc1ccc2c(c1)CCCC2CNC(=O)c1c(C)noc1C. The predicted octanol–water partition coefficient (Wildman–Crippen LogP) is 3.15. The van der Waals surface area contributed by atoms with Crippen LogP contribution in [0.15, 0.2) is 22.7 Å². The molecule has 122 valence electrons. The monoisotopic (exact) mass is 314 g/mol. The van der Waals surface area contributed by atoms with Crippen molar-refractivity contribution in [3.05, 3.63) is 46.3 Å². The summed E-state index contributed by atoms with van der Waals surface area (Å²) in [5, 5.41) is 6.87. The van der Waals surface area contributed by atoms with Gasteiger partial charge in [-0.1, -0.05) is 11.2 Å². The van der Waals surface area contributed by atoms with Gasteiger partial charge < -0.3 is 14.6 Å². The smallest absolute Gasteiger partial charge is 0.256 e. The lowest BCUT2D eigenvalue weighted by Gasteiger charge is -2.26. The van der Waals surface area contributed by atoms with Gasteiger partial charge in [0.1, 0.15) is 17.1 Å². The Bertz CT molecular complexity index is 702. The fraction of sp³-hybridized carbons (Fsp3) is 0.444. The summed E-state index contributed by atoms with van der Waals surface area (Å²) in [6.07, 6.45) is 3.29. The van der Waals surface area contributed by atoms with E-state index in [2.05, 4.69) is 22.6 Å². The molecule has 1 atom stereocenters. The molecule has 1 amide bonds. The maximum absolute atomic E-state index is 12.4. The van der Waals surface area contributed by atoms with E-state index in [9.17, 15) is 4.79 Å².